The third-order valence-corrected chi connectivity index (χ3v) is 0.833. The lowest BCUT2D eigenvalue weighted by atomic mass is 10.2. The normalized spacial score (nSPS) is 21.4. The van der Waals surface area contributed by atoms with Gasteiger partial charge in [0.25, 0.3) is 5.97 Å². The quantitative estimate of drug-likeness (QED) is 0.364. The molecule has 0 spiro atoms. The van der Waals surface area contributed by atoms with Crippen LogP contribution < -0.4 is 11.1 Å². The number of hydrogen-bond acceptors (Lipinski definition) is 3. The van der Waals surface area contributed by atoms with E-state index in [2.05, 4.69) is 5.32 Å². The molecule has 1 rings (SSSR count). The Morgan fingerprint density at radius 2 is 2.20 bits per heavy atom. The first-order valence-corrected chi connectivity index (χ1v) is 2.77. The number of carbonyl (C=O) groups is 2. The first-order valence-electron chi connectivity index (χ1n) is 2.77. The van der Waals surface area contributed by atoms with Crippen LogP contribution in [0, 0.1) is 0 Å². The van der Waals surface area contributed by atoms with Gasteiger partial charge in [0.2, 0.25) is 5.91 Å². The lowest BCUT2D eigenvalue weighted by Crippen LogP contribution is -2.58. The molecule has 58 valence electrons. The van der Waals surface area contributed by atoms with Crippen LogP contribution in [0.3, 0.4) is 0 Å². The largest absolute Gasteiger partial charge is 0.481 e. The van der Waals surface area contributed by atoms with Crippen molar-refractivity contribution in [1.82, 2.24) is 5.32 Å². The lowest BCUT2D eigenvalue weighted by molar-refractivity contribution is -0.134. The smallest absolute Gasteiger partial charge is 0.300 e. The van der Waals surface area contributed by atoms with E-state index < -0.39 is 5.97 Å². The van der Waals surface area contributed by atoms with Crippen molar-refractivity contribution in [2.24, 2.45) is 5.73 Å². The van der Waals surface area contributed by atoms with Gasteiger partial charge >= 0.3 is 0 Å². The monoisotopic (exact) mass is 146 g/mol. The Kier molecular flexibility index (Phi) is 3.42. The van der Waals surface area contributed by atoms with Crippen LogP contribution in [0.5, 0.6) is 0 Å². The van der Waals surface area contributed by atoms with Gasteiger partial charge in [0.15, 0.2) is 0 Å². The average molecular weight is 146 g/mol. The summed E-state index contributed by atoms with van der Waals surface area (Å²) in [5.41, 5.74) is 5.11. The summed E-state index contributed by atoms with van der Waals surface area (Å²) < 4.78 is 0. The van der Waals surface area contributed by atoms with E-state index in [1.807, 2.05) is 0 Å². The summed E-state index contributed by atoms with van der Waals surface area (Å²) in [6.07, 6.45) is 0. The van der Waals surface area contributed by atoms with Gasteiger partial charge in [0.1, 0.15) is 6.04 Å². The summed E-state index contributed by atoms with van der Waals surface area (Å²) in [5, 5.41) is 9.91. The van der Waals surface area contributed by atoms with Crippen LogP contribution in [0.4, 0.5) is 0 Å². The van der Waals surface area contributed by atoms with E-state index in [1.54, 1.807) is 0 Å². The maximum absolute atomic E-state index is 9.99. The van der Waals surface area contributed by atoms with Gasteiger partial charge in [-0.3, -0.25) is 9.59 Å². The number of carbonyl (C=O) groups excluding carboxylic acids is 1. The zero-order chi connectivity index (χ0) is 8.15. The van der Waals surface area contributed by atoms with E-state index in [0.29, 0.717) is 6.54 Å². The summed E-state index contributed by atoms with van der Waals surface area (Å²) in [6, 6.07) is -0.218. The number of nitrogens with two attached hydrogens (primary N) is 1. The minimum atomic E-state index is -0.833. The number of carboxylic acids is 1. The van der Waals surface area contributed by atoms with Gasteiger partial charge < -0.3 is 16.2 Å². The van der Waals surface area contributed by atoms with Crippen LogP contribution in [0.2, 0.25) is 0 Å². The topological polar surface area (TPSA) is 92.4 Å². The van der Waals surface area contributed by atoms with Gasteiger partial charge in [-0.15, -0.1) is 0 Å². The fraction of sp³-hybridized carbons (Fsp3) is 0.600. The molecule has 1 aliphatic rings. The molecule has 1 aliphatic heterocycles. The molecule has 0 aromatic carbocycles. The van der Waals surface area contributed by atoms with Crippen molar-refractivity contribution < 1.29 is 14.7 Å². The van der Waals surface area contributed by atoms with Crippen molar-refractivity contribution in [3.05, 3.63) is 0 Å². The number of carboxylic acid groups (broad SMARTS) is 1. The second kappa shape index (κ2) is 3.84. The molecule has 5 nitrogen and oxygen atoms in total. The number of aliphatic carboxylic acids is 1. The van der Waals surface area contributed by atoms with Crippen molar-refractivity contribution in [2.45, 2.75) is 13.0 Å². The summed E-state index contributed by atoms with van der Waals surface area (Å²) in [4.78, 5) is 19.0. The molecule has 1 saturated heterocycles. The molecule has 1 amide bonds. The first kappa shape index (κ1) is 8.90. The van der Waals surface area contributed by atoms with Gasteiger partial charge in [-0.25, -0.2) is 0 Å². The van der Waals surface area contributed by atoms with Crippen molar-refractivity contribution in [3.8, 4) is 0 Å². The minimum absolute atomic E-state index is 0.0324. The Morgan fingerprint density at radius 1 is 1.90 bits per heavy atom. The highest BCUT2D eigenvalue weighted by Crippen LogP contribution is 1.85. The standard InChI is InChI=1S/C3H6N2O.C2H4O2/c4-2-1-5-3(2)6;1-2(3)4/h2H,1,4H2,(H,5,6);1H3,(H,3,4)/t2-;/m1./s1. The molecule has 0 saturated carbocycles. The van der Waals surface area contributed by atoms with Gasteiger partial charge in [-0.1, -0.05) is 0 Å². The predicted octanol–water partition coefficient (Wildman–Crippen LogP) is -1.47. The third-order valence-electron chi connectivity index (χ3n) is 0.833. The summed E-state index contributed by atoms with van der Waals surface area (Å²) >= 11 is 0. The molecule has 5 heteroatoms. The highest BCUT2D eigenvalue weighted by Gasteiger charge is 2.21. The molecule has 10 heavy (non-hydrogen) atoms. The van der Waals surface area contributed by atoms with E-state index in [9.17, 15) is 4.79 Å². The second-order valence-corrected chi connectivity index (χ2v) is 1.87. The third kappa shape index (κ3) is 3.85. The van der Waals surface area contributed by atoms with E-state index in [4.69, 9.17) is 15.6 Å². The van der Waals surface area contributed by atoms with Crippen molar-refractivity contribution >= 4 is 11.9 Å². The maximum Gasteiger partial charge on any atom is 0.300 e. The number of nitrogens with one attached hydrogen (secondary N) is 1. The Hall–Kier alpha value is -1.10. The molecular formula is C5H10N2O3. The number of β-lactam (4-membered cyclic amide) rings is 1. The zero-order valence-electron chi connectivity index (χ0n) is 5.63. The zero-order valence-corrected chi connectivity index (χ0v) is 5.63. The molecule has 1 heterocycles. The maximum atomic E-state index is 9.99. The van der Waals surface area contributed by atoms with Crippen LogP contribution in [0.15, 0.2) is 0 Å². The van der Waals surface area contributed by atoms with Crippen LogP contribution in [-0.2, 0) is 9.59 Å². The van der Waals surface area contributed by atoms with E-state index in [0.717, 1.165) is 6.92 Å². The molecule has 0 aromatic rings. The lowest BCUT2D eigenvalue weighted by Gasteiger charge is -2.20. The van der Waals surface area contributed by atoms with Crippen molar-refractivity contribution in [1.29, 1.82) is 0 Å². The van der Waals surface area contributed by atoms with Gasteiger partial charge in [-0.05, 0) is 0 Å². The van der Waals surface area contributed by atoms with Gasteiger partial charge in [0, 0.05) is 13.5 Å². The fourth-order valence-corrected chi connectivity index (χ4v) is 0.303. The fourth-order valence-electron chi connectivity index (χ4n) is 0.303. The van der Waals surface area contributed by atoms with E-state index in [1.165, 1.54) is 0 Å². The molecule has 0 aromatic heterocycles. The van der Waals surface area contributed by atoms with Crippen LogP contribution in [-0.4, -0.2) is 29.6 Å². The van der Waals surface area contributed by atoms with E-state index >= 15 is 0 Å². The highest BCUT2D eigenvalue weighted by atomic mass is 16.4. The molecule has 0 aliphatic carbocycles. The molecule has 4 N–H and O–H groups in total. The van der Waals surface area contributed by atoms with Gasteiger partial charge in [0.05, 0.1) is 0 Å². The predicted molar refractivity (Wildman–Crippen MR) is 34.3 cm³/mol. The second-order valence-electron chi connectivity index (χ2n) is 1.87. The molecule has 0 bridgehead atoms. The Bertz CT molecular complexity index is 142. The molecule has 1 fully saturated rings. The first-order chi connectivity index (χ1) is 4.54. The Morgan fingerprint density at radius 3 is 2.20 bits per heavy atom. The Balaban J connectivity index is 0.000000180. The van der Waals surface area contributed by atoms with Crippen molar-refractivity contribution in [2.75, 3.05) is 6.54 Å². The van der Waals surface area contributed by atoms with E-state index in [-0.39, 0.29) is 11.9 Å². The van der Waals surface area contributed by atoms with Crippen LogP contribution in [0.1, 0.15) is 6.92 Å². The number of hydrogen-bond donors (Lipinski definition) is 3. The number of rotatable bonds is 0. The van der Waals surface area contributed by atoms with Crippen molar-refractivity contribution in [3.63, 3.8) is 0 Å². The van der Waals surface area contributed by atoms with Crippen LogP contribution in [0.25, 0.3) is 0 Å². The summed E-state index contributed by atoms with van der Waals surface area (Å²) in [7, 11) is 0. The molecule has 0 radical (unpaired) electrons. The highest BCUT2D eigenvalue weighted by molar-refractivity contribution is 5.87. The minimum Gasteiger partial charge on any atom is -0.481 e. The number of amides is 1. The molecule has 1 atom stereocenters. The SMILES string of the molecule is CC(=O)O.N[C@@H]1CNC1=O. The molecule has 0 unspecified atom stereocenters. The van der Waals surface area contributed by atoms with Crippen LogP contribution >= 0.6 is 0 Å². The average Bonchev–Trinajstić information content (AvgIpc) is 1.83. The Labute approximate surface area is 58.2 Å². The molecular weight excluding hydrogens is 136 g/mol. The summed E-state index contributed by atoms with van der Waals surface area (Å²) in [6.45, 7) is 1.73. The summed E-state index contributed by atoms with van der Waals surface area (Å²) in [5.74, 6) is -0.866. The van der Waals surface area contributed by atoms with Gasteiger partial charge in [-0.2, -0.15) is 0 Å².